The molecular formula is C31H43N5O2. The SMILES string of the molecule is CC1(C)CC[C@]2(c3nn[nH]n3)CC[C@]3(C)[C@H](C(=O)CC4[C@@]5(C)C=C(C#N)C(=O)C(C)(C)C5CC[C@]43C)C2C1. The lowest BCUT2D eigenvalue weighted by atomic mass is 9.31. The number of nitriles is 1. The lowest BCUT2D eigenvalue weighted by molar-refractivity contribution is -0.214. The second-order valence-electron chi connectivity index (χ2n) is 15.6. The maximum absolute atomic E-state index is 14.6. The number of aromatic amines is 1. The maximum atomic E-state index is 14.6. The summed E-state index contributed by atoms with van der Waals surface area (Å²) in [6.45, 7) is 15.8. The number of Topliss-reactive ketones (excluding diaryl/α,β-unsaturated/α-hetero) is 2. The van der Waals surface area contributed by atoms with Gasteiger partial charge in [-0.15, -0.1) is 10.2 Å². The second kappa shape index (κ2) is 7.64. The molecular weight excluding hydrogens is 474 g/mol. The van der Waals surface area contributed by atoms with Crippen molar-refractivity contribution in [2.24, 2.45) is 50.7 Å². The first-order valence-electron chi connectivity index (χ1n) is 14.6. The minimum atomic E-state index is -0.607. The second-order valence-corrected chi connectivity index (χ2v) is 15.6. The van der Waals surface area contributed by atoms with Gasteiger partial charge < -0.3 is 0 Å². The van der Waals surface area contributed by atoms with Gasteiger partial charge in [-0.3, -0.25) is 9.59 Å². The van der Waals surface area contributed by atoms with Crippen molar-refractivity contribution in [2.45, 2.75) is 105 Å². The number of allylic oxidation sites excluding steroid dienone is 2. The average Bonchev–Trinajstić information content (AvgIpc) is 3.38. The number of ketones is 2. The Morgan fingerprint density at radius 2 is 1.66 bits per heavy atom. The van der Waals surface area contributed by atoms with Crippen LogP contribution in [0.3, 0.4) is 0 Å². The summed E-state index contributed by atoms with van der Waals surface area (Å²) in [5, 5.41) is 25.6. The number of nitrogens with one attached hydrogen (secondary N) is 1. The van der Waals surface area contributed by atoms with Crippen LogP contribution in [0.2, 0.25) is 0 Å². The molecule has 7 heteroatoms. The zero-order valence-electron chi connectivity index (χ0n) is 24.1. The summed E-state index contributed by atoms with van der Waals surface area (Å²) in [4.78, 5) is 27.8. The van der Waals surface area contributed by atoms with Crippen molar-refractivity contribution in [1.82, 2.24) is 20.6 Å². The van der Waals surface area contributed by atoms with Gasteiger partial charge in [-0.25, -0.2) is 0 Å². The van der Waals surface area contributed by atoms with E-state index >= 15 is 0 Å². The molecule has 4 saturated carbocycles. The van der Waals surface area contributed by atoms with E-state index in [4.69, 9.17) is 0 Å². The fourth-order valence-electron chi connectivity index (χ4n) is 11.1. The van der Waals surface area contributed by atoms with E-state index in [0.717, 1.165) is 50.8 Å². The Hall–Kier alpha value is -2.36. The molecule has 38 heavy (non-hydrogen) atoms. The third kappa shape index (κ3) is 2.98. The summed E-state index contributed by atoms with van der Waals surface area (Å²) in [5.74, 6) is 1.50. The Kier molecular flexibility index (Phi) is 5.20. The molecule has 1 heterocycles. The van der Waals surface area contributed by atoms with Crippen molar-refractivity contribution < 1.29 is 9.59 Å². The highest BCUT2D eigenvalue weighted by Crippen LogP contribution is 2.75. The Labute approximate surface area is 226 Å². The normalized spacial score (nSPS) is 47.1. The van der Waals surface area contributed by atoms with Crippen molar-refractivity contribution in [2.75, 3.05) is 0 Å². The Morgan fingerprint density at radius 1 is 0.947 bits per heavy atom. The number of aromatic nitrogens is 4. The summed E-state index contributed by atoms with van der Waals surface area (Å²) >= 11 is 0. The highest BCUT2D eigenvalue weighted by molar-refractivity contribution is 6.04. The number of hydrogen-bond donors (Lipinski definition) is 1. The van der Waals surface area contributed by atoms with E-state index in [-0.39, 0.29) is 62.1 Å². The molecule has 8 atom stereocenters. The number of carbonyl (C=O) groups is 2. The van der Waals surface area contributed by atoms with Crippen LogP contribution >= 0.6 is 0 Å². The van der Waals surface area contributed by atoms with Crippen molar-refractivity contribution in [3.8, 4) is 6.07 Å². The number of tetrazole rings is 1. The molecule has 7 nitrogen and oxygen atoms in total. The molecule has 0 saturated heterocycles. The Balaban J connectivity index is 1.49. The fourth-order valence-corrected chi connectivity index (χ4v) is 11.1. The minimum Gasteiger partial charge on any atom is -0.299 e. The molecule has 1 aromatic heterocycles. The van der Waals surface area contributed by atoms with E-state index in [2.05, 4.69) is 61.3 Å². The molecule has 6 rings (SSSR count). The quantitative estimate of drug-likeness (QED) is 0.507. The molecule has 1 N–H and O–H groups in total. The van der Waals surface area contributed by atoms with E-state index in [0.29, 0.717) is 12.2 Å². The van der Waals surface area contributed by atoms with Gasteiger partial charge in [0.1, 0.15) is 11.9 Å². The number of H-pyrrole nitrogens is 1. The van der Waals surface area contributed by atoms with Crippen molar-refractivity contribution >= 4 is 11.6 Å². The van der Waals surface area contributed by atoms with Crippen LogP contribution < -0.4 is 0 Å². The van der Waals surface area contributed by atoms with Gasteiger partial charge in [0, 0.05) is 23.2 Å². The van der Waals surface area contributed by atoms with E-state index in [1.807, 2.05) is 19.9 Å². The molecule has 4 fully saturated rings. The first kappa shape index (κ1) is 25.9. The first-order valence-corrected chi connectivity index (χ1v) is 14.6. The van der Waals surface area contributed by atoms with Crippen LogP contribution in [0.25, 0.3) is 0 Å². The molecule has 1 aromatic rings. The molecule has 3 unspecified atom stereocenters. The van der Waals surface area contributed by atoms with E-state index < -0.39 is 5.41 Å². The van der Waals surface area contributed by atoms with Gasteiger partial charge in [-0.05, 0) is 84.4 Å². The largest absolute Gasteiger partial charge is 0.299 e. The zero-order chi connectivity index (χ0) is 27.5. The van der Waals surface area contributed by atoms with Crippen LogP contribution in [0.5, 0.6) is 0 Å². The summed E-state index contributed by atoms with van der Waals surface area (Å²) in [7, 11) is 0. The molecule has 0 aliphatic heterocycles. The summed E-state index contributed by atoms with van der Waals surface area (Å²) in [6, 6.07) is 2.22. The summed E-state index contributed by atoms with van der Waals surface area (Å²) in [6.07, 6.45) is 9.47. The minimum absolute atomic E-state index is 0.0377. The van der Waals surface area contributed by atoms with Gasteiger partial charge in [0.2, 0.25) is 0 Å². The molecule has 0 amide bonds. The number of nitrogens with zero attached hydrogens (tertiary/aromatic N) is 4. The van der Waals surface area contributed by atoms with Crippen LogP contribution in [-0.2, 0) is 15.0 Å². The number of fused-ring (bicyclic) bond motifs is 7. The van der Waals surface area contributed by atoms with E-state index in [1.54, 1.807) is 0 Å². The lowest BCUT2D eigenvalue weighted by Gasteiger charge is -2.71. The van der Waals surface area contributed by atoms with Gasteiger partial charge in [-0.1, -0.05) is 59.8 Å². The van der Waals surface area contributed by atoms with Crippen LogP contribution in [0, 0.1) is 62.1 Å². The van der Waals surface area contributed by atoms with Gasteiger partial charge in [0.25, 0.3) is 0 Å². The van der Waals surface area contributed by atoms with Crippen LogP contribution in [0.4, 0.5) is 0 Å². The lowest BCUT2D eigenvalue weighted by Crippen LogP contribution is -2.69. The van der Waals surface area contributed by atoms with Crippen LogP contribution in [0.1, 0.15) is 106 Å². The third-order valence-corrected chi connectivity index (χ3v) is 13.3. The molecule has 0 aromatic carbocycles. The fraction of sp³-hybridized carbons (Fsp3) is 0.806. The average molecular weight is 518 g/mol. The van der Waals surface area contributed by atoms with Crippen molar-refractivity contribution in [1.29, 1.82) is 5.26 Å². The molecule has 204 valence electrons. The molecule has 0 bridgehead atoms. The van der Waals surface area contributed by atoms with Gasteiger partial charge in [0.15, 0.2) is 11.6 Å². The molecule has 5 aliphatic rings. The Morgan fingerprint density at radius 3 is 2.32 bits per heavy atom. The van der Waals surface area contributed by atoms with Gasteiger partial charge in [0.05, 0.1) is 5.57 Å². The zero-order valence-corrected chi connectivity index (χ0v) is 24.1. The Bertz CT molecular complexity index is 1270. The van der Waals surface area contributed by atoms with Crippen molar-refractivity contribution in [3.63, 3.8) is 0 Å². The predicted octanol–water partition coefficient (Wildman–Crippen LogP) is 5.75. The van der Waals surface area contributed by atoms with Gasteiger partial charge >= 0.3 is 0 Å². The van der Waals surface area contributed by atoms with E-state index in [9.17, 15) is 14.9 Å². The number of rotatable bonds is 1. The monoisotopic (exact) mass is 517 g/mol. The predicted molar refractivity (Wildman–Crippen MR) is 142 cm³/mol. The number of carbonyl (C=O) groups excluding carboxylic acids is 2. The summed E-state index contributed by atoms with van der Waals surface area (Å²) in [5.41, 5.74) is -0.979. The summed E-state index contributed by atoms with van der Waals surface area (Å²) < 4.78 is 0. The first-order chi connectivity index (χ1) is 17.7. The molecule has 0 spiro atoms. The molecule has 0 radical (unpaired) electrons. The van der Waals surface area contributed by atoms with Crippen molar-refractivity contribution in [3.05, 3.63) is 17.5 Å². The third-order valence-electron chi connectivity index (χ3n) is 13.3. The maximum Gasteiger partial charge on any atom is 0.180 e. The highest BCUT2D eigenvalue weighted by Gasteiger charge is 2.72. The smallest absolute Gasteiger partial charge is 0.180 e. The topological polar surface area (TPSA) is 112 Å². The number of hydrogen-bond acceptors (Lipinski definition) is 6. The van der Waals surface area contributed by atoms with E-state index in [1.165, 1.54) is 0 Å². The van der Waals surface area contributed by atoms with Crippen LogP contribution in [-0.4, -0.2) is 32.2 Å². The van der Waals surface area contributed by atoms with Crippen LogP contribution in [0.15, 0.2) is 11.6 Å². The highest BCUT2D eigenvalue weighted by atomic mass is 16.1. The molecule has 5 aliphatic carbocycles. The standard InChI is InChI=1S/C31H43N5O2/c1-26(2)10-12-31(25-33-35-36-34-25)13-11-30(7)23(19(31)16-26)20(37)14-22-28(5)15-18(17-32)24(38)27(3,4)21(28)8-9-29(22,30)6/h15,19,21-23H,8-14,16H2,1-7H3,(H,33,34,35,36)/t19?,21?,22?,23-,28-,29+,30+,31-/m0/s1. The van der Waals surface area contributed by atoms with Gasteiger partial charge in [-0.2, -0.15) is 10.5 Å².